The van der Waals surface area contributed by atoms with E-state index in [2.05, 4.69) is 83.8 Å². The molecule has 118 valence electrons. The molecule has 0 aliphatic rings. The van der Waals surface area contributed by atoms with E-state index >= 15 is 0 Å². The molecule has 2 aromatic carbocycles. The Morgan fingerprint density at radius 1 is 0.654 bits per heavy atom. The predicted octanol–water partition coefficient (Wildman–Crippen LogP) is 3.96. The summed E-state index contributed by atoms with van der Waals surface area (Å²) in [6, 6.07) is 16.3. The smallest absolute Gasteiger partial charge is 0.0838 e. The van der Waals surface area contributed by atoms with Crippen molar-refractivity contribution < 1.29 is 0 Å². The third-order valence-corrected chi connectivity index (χ3v) is 4.85. The van der Waals surface area contributed by atoms with Crippen LogP contribution >= 0.6 is 7.92 Å². The summed E-state index contributed by atoms with van der Waals surface area (Å²) >= 11 is 0. The Bertz CT molecular complexity index is 1090. The minimum Gasteiger partial charge on any atom is -0.106 e. The highest BCUT2D eigenvalue weighted by Crippen LogP contribution is 2.36. The quantitative estimate of drug-likeness (QED) is 0.571. The van der Waals surface area contributed by atoms with Gasteiger partial charge in [-0.3, -0.25) is 0 Å². The van der Waals surface area contributed by atoms with E-state index in [1.165, 1.54) is 5.56 Å². The molecule has 0 aliphatic carbocycles. The number of hydrogen-bond donors (Lipinski definition) is 0. The fraction of sp³-hybridized carbons (Fsp3) is 0.0400. The number of benzene rings is 2. The van der Waals surface area contributed by atoms with Gasteiger partial charge >= 0.3 is 0 Å². The number of terminal acetylenes is 2. The summed E-state index contributed by atoms with van der Waals surface area (Å²) in [5.41, 5.74) is 9.71. The second-order valence-corrected chi connectivity index (χ2v) is 6.53. The van der Waals surface area contributed by atoms with Gasteiger partial charge in [0.1, 0.15) is 0 Å². The number of aryl methyl sites for hydroxylation is 1. The first-order valence-electron chi connectivity index (χ1n) is 7.65. The Balaban J connectivity index is 2.59. The number of hydrogen-bond acceptors (Lipinski definition) is 0. The van der Waals surface area contributed by atoms with Crippen molar-refractivity contribution in [3.63, 3.8) is 0 Å². The third kappa shape index (κ3) is 5.12. The summed E-state index contributed by atoms with van der Waals surface area (Å²) in [5.74, 6) is 20.4. The summed E-state index contributed by atoms with van der Waals surface area (Å²) < 4.78 is 0. The summed E-state index contributed by atoms with van der Waals surface area (Å²) in [5, 5.41) is 1.06. The normalized spacial score (nSPS) is 8.00. The SMILES string of the molecule is C#CC#CC#CP(C#CC#CC#C)c1ccccc1-c1ccccc1C. The van der Waals surface area contributed by atoms with Gasteiger partial charge in [0, 0.05) is 5.30 Å². The molecule has 0 atom stereocenters. The molecule has 0 aromatic heterocycles. The fourth-order valence-electron chi connectivity index (χ4n) is 2.22. The van der Waals surface area contributed by atoms with Crippen LogP contribution in [0.15, 0.2) is 48.5 Å². The van der Waals surface area contributed by atoms with Gasteiger partial charge < -0.3 is 0 Å². The zero-order chi connectivity index (χ0) is 18.6. The van der Waals surface area contributed by atoms with Crippen molar-refractivity contribution in [1.29, 1.82) is 0 Å². The maximum absolute atomic E-state index is 5.14. The van der Waals surface area contributed by atoms with E-state index in [0.717, 1.165) is 16.4 Å². The van der Waals surface area contributed by atoms with Crippen LogP contribution in [0.3, 0.4) is 0 Å². The van der Waals surface area contributed by atoms with Crippen molar-refractivity contribution >= 4 is 13.2 Å². The zero-order valence-corrected chi connectivity index (χ0v) is 15.1. The van der Waals surface area contributed by atoms with E-state index in [1.54, 1.807) is 0 Å². The molecule has 1 heteroatoms. The molecule has 0 heterocycles. The molecule has 0 saturated carbocycles. The van der Waals surface area contributed by atoms with Crippen molar-refractivity contribution in [1.82, 2.24) is 0 Å². The Kier molecular flexibility index (Phi) is 7.26. The van der Waals surface area contributed by atoms with Crippen LogP contribution in [0, 0.1) is 78.5 Å². The van der Waals surface area contributed by atoms with Crippen LogP contribution in [0.5, 0.6) is 0 Å². The molecular weight excluding hydrogens is 331 g/mol. The second-order valence-electron chi connectivity index (χ2n) is 4.93. The molecule has 0 saturated heterocycles. The van der Waals surface area contributed by atoms with Gasteiger partial charge in [0.2, 0.25) is 0 Å². The van der Waals surface area contributed by atoms with E-state index in [0.29, 0.717) is 0 Å². The molecule has 2 aromatic rings. The molecule has 0 bridgehead atoms. The summed E-state index contributed by atoms with van der Waals surface area (Å²) in [4.78, 5) is 0. The maximum Gasteiger partial charge on any atom is 0.0838 e. The van der Waals surface area contributed by atoms with Gasteiger partial charge in [0.05, 0.1) is 7.92 Å². The van der Waals surface area contributed by atoms with Gasteiger partial charge in [0.15, 0.2) is 0 Å². The van der Waals surface area contributed by atoms with Crippen LogP contribution in [-0.2, 0) is 0 Å². The molecule has 0 nitrogen and oxygen atoms in total. The van der Waals surface area contributed by atoms with Crippen LogP contribution in [0.2, 0.25) is 0 Å². The fourth-order valence-corrected chi connectivity index (χ4v) is 3.53. The summed E-state index contributed by atoms with van der Waals surface area (Å²) in [6.45, 7) is 2.09. The van der Waals surface area contributed by atoms with Gasteiger partial charge in [-0.05, 0) is 82.3 Å². The van der Waals surface area contributed by atoms with Crippen LogP contribution < -0.4 is 5.30 Å². The molecule has 0 spiro atoms. The van der Waals surface area contributed by atoms with Gasteiger partial charge in [0.25, 0.3) is 0 Å². The highest BCUT2D eigenvalue weighted by Gasteiger charge is 2.13. The van der Waals surface area contributed by atoms with E-state index < -0.39 is 7.92 Å². The molecule has 0 radical (unpaired) electrons. The maximum atomic E-state index is 5.14. The minimum absolute atomic E-state index is 1.06. The lowest BCUT2D eigenvalue weighted by atomic mass is 10.0. The van der Waals surface area contributed by atoms with Crippen LogP contribution in [0.25, 0.3) is 11.1 Å². The Morgan fingerprint density at radius 3 is 1.77 bits per heavy atom. The first-order chi connectivity index (χ1) is 12.8. The summed E-state index contributed by atoms with van der Waals surface area (Å²) in [6.07, 6.45) is 10.3. The van der Waals surface area contributed by atoms with Crippen LogP contribution in [0.1, 0.15) is 5.56 Å². The number of rotatable bonds is 2. The van der Waals surface area contributed by atoms with Gasteiger partial charge in [-0.2, -0.15) is 0 Å². The zero-order valence-electron chi connectivity index (χ0n) is 14.2. The second kappa shape index (κ2) is 10.2. The molecule has 0 fully saturated rings. The highest BCUT2D eigenvalue weighted by molar-refractivity contribution is 7.75. The van der Waals surface area contributed by atoms with Crippen molar-refractivity contribution in [2.45, 2.75) is 6.92 Å². The average molecular weight is 344 g/mol. The van der Waals surface area contributed by atoms with Crippen LogP contribution in [0.4, 0.5) is 0 Å². The van der Waals surface area contributed by atoms with E-state index in [1.807, 2.05) is 30.3 Å². The van der Waals surface area contributed by atoms with Crippen LogP contribution in [-0.4, -0.2) is 0 Å². The van der Waals surface area contributed by atoms with Gasteiger partial charge in [-0.25, -0.2) is 0 Å². The highest BCUT2D eigenvalue weighted by atomic mass is 31.1. The third-order valence-electron chi connectivity index (χ3n) is 3.31. The van der Waals surface area contributed by atoms with Crippen molar-refractivity contribution in [3.05, 3.63) is 54.1 Å². The molecule has 0 unspecified atom stereocenters. The van der Waals surface area contributed by atoms with Crippen molar-refractivity contribution in [2.75, 3.05) is 0 Å². The Hall–Kier alpha value is -3.77. The topological polar surface area (TPSA) is 0 Å². The molecule has 0 N–H and O–H groups in total. The minimum atomic E-state index is -1.11. The van der Waals surface area contributed by atoms with Gasteiger partial charge in [-0.1, -0.05) is 48.5 Å². The average Bonchev–Trinajstić information content (AvgIpc) is 2.67. The monoisotopic (exact) mass is 344 g/mol. The standard InChI is InChI=1S/C25H13P/c1-4-6-8-14-20-26(21-15-9-7-5-2)25-19-13-12-18-24(25)23-17-11-10-16-22(23)3/h1-2,10-13,16-19H,3H3. The lowest BCUT2D eigenvalue weighted by Gasteiger charge is -2.13. The Labute approximate surface area is 157 Å². The van der Waals surface area contributed by atoms with E-state index in [4.69, 9.17) is 12.8 Å². The van der Waals surface area contributed by atoms with Gasteiger partial charge in [-0.15, -0.1) is 12.8 Å². The lowest BCUT2D eigenvalue weighted by molar-refractivity contribution is 1.47. The van der Waals surface area contributed by atoms with Crippen molar-refractivity contribution in [2.24, 2.45) is 0 Å². The largest absolute Gasteiger partial charge is 0.106 e. The first kappa shape index (κ1) is 18.6. The van der Waals surface area contributed by atoms with E-state index in [9.17, 15) is 0 Å². The molecule has 26 heavy (non-hydrogen) atoms. The predicted molar refractivity (Wildman–Crippen MR) is 112 cm³/mol. The molecular formula is C25H13P. The Morgan fingerprint density at radius 2 is 1.19 bits per heavy atom. The van der Waals surface area contributed by atoms with Crippen molar-refractivity contribution in [3.8, 4) is 82.7 Å². The molecule has 0 aliphatic heterocycles. The first-order valence-corrected chi connectivity index (χ1v) is 8.99. The summed E-state index contributed by atoms with van der Waals surface area (Å²) in [7, 11) is -1.11. The lowest BCUT2D eigenvalue weighted by Crippen LogP contribution is -2.04. The molecule has 0 amide bonds. The van der Waals surface area contributed by atoms with E-state index in [-0.39, 0.29) is 0 Å². The molecule has 2 rings (SSSR count).